The van der Waals surface area contributed by atoms with Crippen LogP contribution in [0.4, 0.5) is 5.82 Å². The minimum absolute atomic E-state index is 0.520. The molecule has 4 nitrogen and oxygen atoms in total. The molecule has 0 bridgehead atoms. The first-order valence-electron chi connectivity index (χ1n) is 6.62. The number of rotatable bonds is 4. The molecular weight excluding hydrogens is 318 g/mol. The van der Waals surface area contributed by atoms with Crippen LogP contribution in [0.1, 0.15) is 35.8 Å². The zero-order chi connectivity index (χ0) is 14.1. The van der Waals surface area contributed by atoms with Crippen LogP contribution >= 0.6 is 15.9 Å². The van der Waals surface area contributed by atoms with Crippen molar-refractivity contribution < 1.29 is 4.74 Å². The molecule has 3 rings (SSSR count). The fourth-order valence-corrected chi connectivity index (χ4v) is 2.76. The first-order chi connectivity index (χ1) is 9.69. The summed E-state index contributed by atoms with van der Waals surface area (Å²) >= 11 is 3.49. The number of anilines is 1. The molecule has 1 aliphatic rings. The number of benzene rings is 1. The third-order valence-electron chi connectivity index (χ3n) is 3.45. The maximum Gasteiger partial charge on any atom is 0.141 e. The Labute approximate surface area is 126 Å². The number of nitrogens with zero attached hydrogens (tertiary/aromatic N) is 2. The highest BCUT2D eigenvalue weighted by atomic mass is 79.9. The van der Waals surface area contributed by atoms with Crippen molar-refractivity contribution in [2.75, 3.05) is 12.8 Å². The van der Waals surface area contributed by atoms with E-state index >= 15 is 0 Å². The minimum Gasteiger partial charge on any atom is -0.496 e. The van der Waals surface area contributed by atoms with E-state index < -0.39 is 0 Å². The Morgan fingerprint density at radius 1 is 1.30 bits per heavy atom. The summed E-state index contributed by atoms with van der Waals surface area (Å²) in [5, 5.41) is 0. The van der Waals surface area contributed by atoms with Gasteiger partial charge in [0, 0.05) is 17.9 Å². The Balaban J connectivity index is 1.94. The summed E-state index contributed by atoms with van der Waals surface area (Å²) in [4.78, 5) is 9.05. The Bertz CT molecular complexity index is 641. The Morgan fingerprint density at radius 3 is 2.75 bits per heavy atom. The van der Waals surface area contributed by atoms with Crippen molar-refractivity contribution in [1.29, 1.82) is 0 Å². The van der Waals surface area contributed by atoms with Crippen LogP contribution in [0.25, 0.3) is 0 Å². The molecule has 1 fully saturated rings. The van der Waals surface area contributed by atoms with Crippen LogP contribution < -0.4 is 10.5 Å². The molecule has 1 saturated carbocycles. The maximum absolute atomic E-state index is 5.98. The summed E-state index contributed by atoms with van der Waals surface area (Å²) in [6, 6.07) is 7.91. The van der Waals surface area contributed by atoms with E-state index in [0.717, 1.165) is 27.3 Å². The summed E-state index contributed by atoms with van der Waals surface area (Å²) in [6.45, 7) is 0. The lowest BCUT2D eigenvalue weighted by Crippen LogP contribution is -2.06. The van der Waals surface area contributed by atoms with Gasteiger partial charge in [0.25, 0.3) is 0 Å². The molecule has 0 saturated heterocycles. The predicted octanol–water partition coefficient (Wildman–Crippen LogP) is 3.30. The lowest BCUT2D eigenvalue weighted by atomic mass is 10.1. The van der Waals surface area contributed by atoms with Gasteiger partial charge < -0.3 is 10.5 Å². The monoisotopic (exact) mass is 333 g/mol. The Hall–Kier alpha value is -1.62. The van der Waals surface area contributed by atoms with Crippen molar-refractivity contribution in [3.8, 4) is 5.75 Å². The van der Waals surface area contributed by atoms with E-state index in [0.29, 0.717) is 18.2 Å². The number of nitrogens with two attached hydrogens (primary N) is 1. The van der Waals surface area contributed by atoms with Gasteiger partial charge in [-0.2, -0.15) is 0 Å². The van der Waals surface area contributed by atoms with E-state index in [4.69, 9.17) is 10.5 Å². The van der Waals surface area contributed by atoms with Crippen LogP contribution in [0.2, 0.25) is 0 Å². The van der Waals surface area contributed by atoms with Crippen molar-refractivity contribution in [3.63, 3.8) is 0 Å². The second kappa shape index (κ2) is 5.40. The molecule has 0 aliphatic heterocycles. The number of hydrogen-bond donors (Lipinski definition) is 1. The molecule has 1 aliphatic carbocycles. The molecule has 0 radical (unpaired) electrons. The zero-order valence-corrected chi connectivity index (χ0v) is 12.9. The van der Waals surface area contributed by atoms with Crippen molar-refractivity contribution >= 4 is 21.7 Å². The van der Waals surface area contributed by atoms with Gasteiger partial charge in [-0.25, -0.2) is 9.97 Å². The van der Waals surface area contributed by atoms with Gasteiger partial charge in [0.05, 0.1) is 17.3 Å². The van der Waals surface area contributed by atoms with Crippen molar-refractivity contribution in [2.24, 2.45) is 0 Å². The second-order valence-electron chi connectivity index (χ2n) is 4.99. The molecule has 0 amide bonds. The third-order valence-corrected chi connectivity index (χ3v) is 4.27. The average molecular weight is 334 g/mol. The minimum atomic E-state index is 0.520. The van der Waals surface area contributed by atoms with Crippen molar-refractivity contribution in [1.82, 2.24) is 9.97 Å². The molecule has 1 aromatic heterocycles. The van der Waals surface area contributed by atoms with E-state index in [-0.39, 0.29) is 0 Å². The van der Waals surface area contributed by atoms with E-state index in [2.05, 4.69) is 25.9 Å². The summed E-state index contributed by atoms with van der Waals surface area (Å²) in [5.74, 6) is 2.65. The smallest absolute Gasteiger partial charge is 0.141 e. The van der Waals surface area contributed by atoms with Crippen molar-refractivity contribution in [2.45, 2.75) is 25.2 Å². The fourth-order valence-electron chi connectivity index (χ4n) is 2.26. The normalized spacial score (nSPS) is 14.3. The molecule has 0 spiro atoms. The zero-order valence-electron chi connectivity index (χ0n) is 11.3. The summed E-state index contributed by atoms with van der Waals surface area (Å²) in [7, 11) is 1.67. The van der Waals surface area contributed by atoms with Crippen molar-refractivity contribution in [3.05, 3.63) is 45.8 Å². The van der Waals surface area contributed by atoms with Gasteiger partial charge in [-0.15, -0.1) is 0 Å². The van der Waals surface area contributed by atoms with E-state index in [1.807, 2.05) is 24.3 Å². The summed E-state index contributed by atoms with van der Waals surface area (Å²) < 4.78 is 6.22. The predicted molar refractivity (Wildman–Crippen MR) is 81.9 cm³/mol. The fraction of sp³-hybridized carbons (Fsp3) is 0.333. The van der Waals surface area contributed by atoms with Crippen LogP contribution in [0.5, 0.6) is 5.75 Å². The second-order valence-corrected chi connectivity index (χ2v) is 5.78. The highest BCUT2D eigenvalue weighted by Crippen LogP contribution is 2.43. The summed E-state index contributed by atoms with van der Waals surface area (Å²) in [6.07, 6.45) is 2.99. The van der Waals surface area contributed by atoms with E-state index in [9.17, 15) is 0 Å². The maximum atomic E-state index is 5.98. The standard InChI is InChI=1S/C15H16BrN3O/c1-20-11-5-3-2-4-10(11)8-12-18-14(9-6-7-9)13(16)15(17)19-12/h2-5,9H,6-8H2,1H3,(H2,17,18,19). The summed E-state index contributed by atoms with van der Waals surface area (Å²) in [5.41, 5.74) is 8.09. The Morgan fingerprint density at radius 2 is 2.05 bits per heavy atom. The highest BCUT2D eigenvalue weighted by molar-refractivity contribution is 9.10. The number of para-hydroxylation sites is 1. The number of hydrogen-bond acceptors (Lipinski definition) is 4. The molecule has 2 aromatic rings. The molecule has 1 aromatic carbocycles. The van der Waals surface area contributed by atoms with Crippen LogP contribution in [0, 0.1) is 0 Å². The van der Waals surface area contributed by atoms with Gasteiger partial charge in [0.2, 0.25) is 0 Å². The molecule has 0 atom stereocenters. The van der Waals surface area contributed by atoms with Gasteiger partial charge in [-0.05, 0) is 34.8 Å². The molecular formula is C15H16BrN3O. The van der Waals surface area contributed by atoms with Crippen LogP contribution in [0.15, 0.2) is 28.7 Å². The molecule has 20 heavy (non-hydrogen) atoms. The van der Waals surface area contributed by atoms with Gasteiger partial charge in [0.1, 0.15) is 17.4 Å². The van der Waals surface area contributed by atoms with Gasteiger partial charge in [-0.1, -0.05) is 18.2 Å². The molecule has 104 valence electrons. The number of methoxy groups -OCH3 is 1. The van der Waals surface area contributed by atoms with Crippen LogP contribution in [-0.2, 0) is 6.42 Å². The largest absolute Gasteiger partial charge is 0.496 e. The molecule has 0 unspecified atom stereocenters. The SMILES string of the molecule is COc1ccccc1Cc1nc(N)c(Br)c(C2CC2)n1. The van der Waals surface area contributed by atoms with Crippen LogP contribution in [0.3, 0.4) is 0 Å². The van der Waals surface area contributed by atoms with Crippen LogP contribution in [-0.4, -0.2) is 17.1 Å². The number of ether oxygens (including phenoxy) is 1. The number of halogens is 1. The molecule has 5 heteroatoms. The molecule has 2 N–H and O–H groups in total. The average Bonchev–Trinajstić information content (AvgIpc) is 3.28. The third kappa shape index (κ3) is 2.63. The van der Waals surface area contributed by atoms with E-state index in [1.165, 1.54) is 12.8 Å². The highest BCUT2D eigenvalue weighted by Gasteiger charge is 2.29. The first kappa shape index (κ1) is 13.4. The van der Waals surface area contributed by atoms with Gasteiger partial charge in [0.15, 0.2) is 0 Å². The lowest BCUT2D eigenvalue weighted by Gasteiger charge is -2.10. The van der Waals surface area contributed by atoms with Gasteiger partial charge >= 0.3 is 0 Å². The first-order valence-corrected chi connectivity index (χ1v) is 7.42. The van der Waals surface area contributed by atoms with E-state index in [1.54, 1.807) is 7.11 Å². The van der Waals surface area contributed by atoms with Gasteiger partial charge in [-0.3, -0.25) is 0 Å². The number of aromatic nitrogens is 2. The topological polar surface area (TPSA) is 61.0 Å². The quantitative estimate of drug-likeness (QED) is 0.932. The molecule has 1 heterocycles. The number of nitrogen functional groups attached to an aromatic ring is 1. The Kier molecular flexibility index (Phi) is 3.61. The lowest BCUT2D eigenvalue weighted by molar-refractivity contribution is 0.410.